The Morgan fingerprint density at radius 1 is 1.29 bits per heavy atom. The predicted octanol–water partition coefficient (Wildman–Crippen LogP) is 4.00. The second-order valence-corrected chi connectivity index (χ2v) is 5.64. The Kier molecular flexibility index (Phi) is 4.30. The van der Waals surface area contributed by atoms with Crippen LogP contribution in [0.5, 0.6) is 5.75 Å². The van der Waals surface area contributed by atoms with Gasteiger partial charge >= 0.3 is 0 Å². The van der Waals surface area contributed by atoms with Gasteiger partial charge in [-0.05, 0) is 49.9 Å². The summed E-state index contributed by atoms with van der Waals surface area (Å²) < 4.78 is 11.7. The van der Waals surface area contributed by atoms with E-state index in [0.717, 1.165) is 43.9 Å². The summed E-state index contributed by atoms with van der Waals surface area (Å²) in [5.41, 5.74) is 3.68. The van der Waals surface area contributed by atoms with E-state index in [9.17, 15) is 0 Å². The van der Waals surface area contributed by atoms with E-state index in [1.807, 2.05) is 6.07 Å². The third-order valence-electron chi connectivity index (χ3n) is 4.04. The highest BCUT2D eigenvalue weighted by atomic mass is 16.5. The van der Waals surface area contributed by atoms with E-state index in [-0.39, 0.29) is 6.04 Å². The van der Waals surface area contributed by atoms with Crippen LogP contribution in [-0.2, 0) is 6.42 Å². The van der Waals surface area contributed by atoms with Gasteiger partial charge < -0.3 is 14.5 Å². The van der Waals surface area contributed by atoms with Gasteiger partial charge in [0, 0.05) is 5.56 Å². The molecule has 3 heteroatoms. The van der Waals surface area contributed by atoms with Crippen LogP contribution in [-0.4, -0.2) is 13.2 Å². The summed E-state index contributed by atoms with van der Waals surface area (Å²) in [5, 5.41) is 3.61. The highest BCUT2D eigenvalue weighted by Crippen LogP contribution is 2.36. The minimum atomic E-state index is 0.0630. The summed E-state index contributed by atoms with van der Waals surface area (Å²) in [6.07, 6.45) is 5.05. The van der Waals surface area contributed by atoms with Crippen LogP contribution < -0.4 is 10.1 Å². The lowest BCUT2D eigenvalue weighted by Gasteiger charge is -2.25. The molecule has 0 radical (unpaired) electrons. The normalized spacial score (nSPS) is 15.3. The van der Waals surface area contributed by atoms with E-state index in [2.05, 4.69) is 37.4 Å². The van der Waals surface area contributed by atoms with Gasteiger partial charge in [0.1, 0.15) is 11.5 Å². The van der Waals surface area contributed by atoms with Crippen LogP contribution in [0.25, 0.3) is 0 Å². The standard InChI is InChI=1S/C18H23NO2/c1-3-10-19-16(17-13(2)9-12-21-17)15-8-4-6-14-7-5-11-20-18(14)15/h4,6,8-9,12,16,19H,3,5,7,10-11H2,1-2H3. The predicted molar refractivity (Wildman–Crippen MR) is 83.8 cm³/mol. The maximum Gasteiger partial charge on any atom is 0.128 e. The van der Waals surface area contributed by atoms with Gasteiger partial charge in [-0.3, -0.25) is 0 Å². The van der Waals surface area contributed by atoms with Crippen LogP contribution in [0.3, 0.4) is 0 Å². The molecule has 1 aromatic carbocycles. The SMILES string of the molecule is CCCNC(c1cccc2c1OCCC2)c1occc1C. The number of benzene rings is 1. The van der Waals surface area contributed by atoms with Crippen LogP contribution in [0.4, 0.5) is 0 Å². The molecule has 1 N–H and O–H groups in total. The number of fused-ring (bicyclic) bond motifs is 1. The molecule has 0 fully saturated rings. The van der Waals surface area contributed by atoms with Crippen molar-refractivity contribution in [1.29, 1.82) is 0 Å². The first-order valence-electron chi connectivity index (χ1n) is 7.83. The molecule has 0 aliphatic carbocycles. The lowest BCUT2D eigenvalue weighted by Crippen LogP contribution is -2.25. The number of rotatable bonds is 5. The van der Waals surface area contributed by atoms with Gasteiger partial charge in [-0.15, -0.1) is 0 Å². The molecule has 1 aromatic heterocycles. The highest BCUT2D eigenvalue weighted by molar-refractivity contribution is 5.47. The molecular weight excluding hydrogens is 262 g/mol. The molecule has 1 aliphatic rings. The van der Waals surface area contributed by atoms with E-state index in [0.29, 0.717) is 0 Å². The molecule has 2 heterocycles. The summed E-state index contributed by atoms with van der Waals surface area (Å²) in [4.78, 5) is 0. The van der Waals surface area contributed by atoms with Crippen molar-refractivity contribution in [3.63, 3.8) is 0 Å². The Balaban J connectivity index is 2.02. The molecule has 0 amide bonds. The van der Waals surface area contributed by atoms with Crippen molar-refractivity contribution >= 4 is 0 Å². The Morgan fingerprint density at radius 2 is 2.19 bits per heavy atom. The van der Waals surface area contributed by atoms with Gasteiger partial charge in [-0.25, -0.2) is 0 Å². The van der Waals surface area contributed by atoms with E-state index in [1.54, 1.807) is 6.26 Å². The van der Waals surface area contributed by atoms with Crippen molar-refractivity contribution < 1.29 is 9.15 Å². The average Bonchev–Trinajstić information content (AvgIpc) is 2.94. The van der Waals surface area contributed by atoms with E-state index in [1.165, 1.54) is 16.7 Å². The molecular formula is C18H23NO2. The fourth-order valence-electron chi connectivity index (χ4n) is 2.95. The first kappa shape index (κ1) is 14.2. The van der Waals surface area contributed by atoms with Crippen LogP contribution in [0, 0.1) is 6.92 Å². The molecule has 0 saturated heterocycles. The average molecular weight is 285 g/mol. The molecule has 21 heavy (non-hydrogen) atoms. The van der Waals surface area contributed by atoms with E-state index >= 15 is 0 Å². The topological polar surface area (TPSA) is 34.4 Å². The number of furan rings is 1. The van der Waals surface area contributed by atoms with Crippen LogP contribution >= 0.6 is 0 Å². The zero-order chi connectivity index (χ0) is 14.7. The van der Waals surface area contributed by atoms with Gasteiger partial charge in [0.05, 0.1) is 18.9 Å². The Hall–Kier alpha value is -1.74. The number of para-hydroxylation sites is 1. The van der Waals surface area contributed by atoms with Gasteiger partial charge in [-0.1, -0.05) is 25.1 Å². The smallest absolute Gasteiger partial charge is 0.128 e. The minimum Gasteiger partial charge on any atom is -0.493 e. The maximum atomic E-state index is 5.97. The molecule has 112 valence electrons. The fourth-order valence-corrected chi connectivity index (χ4v) is 2.95. The molecule has 2 aromatic rings. The van der Waals surface area contributed by atoms with Gasteiger partial charge in [0.25, 0.3) is 0 Å². The van der Waals surface area contributed by atoms with Crippen LogP contribution in [0.15, 0.2) is 34.9 Å². The first-order chi connectivity index (χ1) is 10.3. The second kappa shape index (κ2) is 6.35. The monoisotopic (exact) mass is 285 g/mol. The number of hydrogen-bond donors (Lipinski definition) is 1. The molecule has 0 bridgehead atoms. The van der Waals surface area contributed by atoms with E-state index < -0.39 is 0 Å². The van der Waals surface area contributed by atoms with Gasteiger partial charge in [0.15, 0.2) is 0 Å². The van der Waals surface area contributed by atoms with Crippen LogP contribution in [0.1, 0.15) is 48.3 Å². The highest BCUT2D eigenvalue weighted by Gasteiger charge is 2.25. The lowest BCUT2D eigenvalue weighted by molar-refractivity contribution is 0.281. The Labute approximate surface area is 126 Å². The fraction of sp³-hybridized carbons (Fsp3) is 0.444. The molecule has 3 nitrogen and oxygen atoms in total. The van der Waals surface area contributed by atoms with Crippen molar-refractivity contribution in [3.8, 4) is 5.75 Å². The van der Waals surface area contributed by atoms with Crippen molar-refractivity contribution in [2.75, 3.05) is 13.2 Å². The van der Waals surface area contributed by atoms with Gasteiger partial charge in [-0.2, -0.15) is 0 Å². The zero-order valence-electron chi connectivity index (χ0n) is 12.8. The van der Waals surface area contributed by atoms with Crippen LogP contribution in [0.2, 0.25) is 0 Å². The first-order valence-corrected chi connectivity index (χ1v) is 7.83. The van der Waals surface area contributed by atoms with Crippen molar-refractivity contribution in [3.05, 3.63) is 53.0 Å². The summed E-state index contributed by atoms with van der Waals surface area (Å²) in [6, 6.07) is 8.53. The summed E-state index contributed by atoms with van der Waals surface area (Å²) in [6.45, 7) is 6.03. The number of aryl methyl sites for hydroxylation is 2. The maximum absolute atomic E-state index is 5.97. The largest absolute Gasteiger partial charge is 0.493 e. The second-order valence-electron chi connectivity index (χ2n) is 5.64. The molecule has 0 saturated carbocycles. The number of ether oxygens (including phenoxy) is 1. The van der Waals surface area contributed by atoms with Gasteiger partial charge in [0.2, 0.25) is 0 Å². The van der Waals surface area contributed by atoms with E-state index in [4.69, 9.17) is 9.15 Å². The quantitative estimate of drug-likeness (QED) is 0.901. The minimum absolute atomic E-state index is 0.0630. The third-order valence-corrected chi connectivity index (χ3v) is 4.04. The van der Waals surface area contributed by atoms with Crippen molar-refractivity contribution in [2.45, 2.75) is 39.2 Å². The molecule has 1 aliphatic heterocycles. The summed E-state index contributed by atoms with van der Waals surface area (Å²) in [5.74, 6) is 2.04. The third kappa shape index (κ3) is 2.84. The summed E-state index contributed by atoms with van der Waals surface area (Å²) >= 11 is 0. The lowest BCUT2D eigenvalue weighted by atomic mass is 9.95. The number of hydrogen-bond acceptors (Lipinski definition) is 3. The zero-order valence-corrected chi connectivity index (χ0v) is 12.8. The molecule has 1 unspecified atom stereocenters. The molecule has 0 spiro atoms. The summed E-state index contributed by atoms with van der Waals surface area (Å²) in [7, 11) is 0. The number of nitrogens with one attached hydrogen (secondary N) is 1. The Bertz CT molecular complexity index is 603. The molecule has 1 atom stereocenters. The van der Waals surface area contributed by atoms with Crippen molar-refractivity contribution in [2.24, 2.45) is 0 Å². The molecule has 3 rings (SSSR count). The Morgan fingerprint density at radius 3 is 2.95 bits per heavy atom. The van der Waals surface area contributed by atoms with Crippen molar-refractivity contribution in [1.82, 2.24) is 5.32 Å².